The Morgan fingerprint density at radius 1 is 1.21 bits per heavy atom. The molecule has 0 bridgehead atoms. The molecule has 1 heterocycles. The van der Waals surface area contributed by atoms with Gasteiger partial charge < -0.3 is 19.4 Å². The highest BCUT2D eigenvalue weighted by Gasteiger charge is 2.16. The van der Waals surface area contributed by atoms with Gasteiger partial charge in [0.1, 0.15) is 11.6 Å². The number of H-pyrrole nitrogens is 1. The Balaban J connectivity index is 2.08. The number of rotatable bonds is 7. The molecule has 1 aromatic heterocycles. The van der Waals surface area contributed by atoms with Gasteiger partial charge in [-0.2, -0.15) is 5.26 Å². The molecular formula is C21H25N3O4. The van der Waals surface area contributed by atoms with E-state index in [1.165, 1.54) is 0 Å². The van der Waals surface area contributed by atoms with E-state index < -0.39 is 5.56 Å². The standard InChI is InChI=1S/C21H25N3O4/c1-13-16(14(2)23-21(26)17(13)11-22)7-9-20(25)24(3)12-15-6-8-18(27-4)19(10-15)28-5/h6,8,10H,7,9,12H2,1-5H3,(H,23,26). The molecule has 0 fully saturated rings. The molecule has 1 amide bonds. The second kappa shape index (κ2) is 9.09. The average molecular weight is 383 g/mol. The van der Waals surface area contributed by atoms with Gasteiger partial charge in [-0.1, -0.05) is 6.07 Å². The lowest BCUT2D eigenvalue weighted by atomic mass is 9.99. The van der Waals surface area contributed by atoms with Crippen LogP contribution in [0, 0.1) is 25.2 Å². The van der Waals surface area contributed by atoms with Crippen LogP contribution in [-0.4, -0.2) is 37.1 Å². The van der Waals surface area contributed by atoms with E-state index in [4.69, 9.17) is 14.7 Å². The topological polar surface area (TPSA) is 95.4 Å². The number of aromatic amines is 1. The zero-order chi connectivity index (χ0) is 20.8. The van der Waals surface area contributed by atoms with Gasteiger partial charge in [-0.25, -0.2) is 0 Å². The summed E-state index contributed by atoms with van der Waals surface area (Å²) >= 11 is 0. The number of methoxy groups -OCH3 is 2. The van der Waals surface area contributed by atoms with E-state index in [0.717, 1.165) is 11.1 Å². The van der Waals surface area contributed by atoms with Crippen molar-refractivity contribution in [2.75, 3.05) is 21.3 Å². The van der Waals surface area contributed by atoms with Crippen molar-refractivity contribution in [3.8, 4) is 17.6 Å². The molecule has 0 saturated carbocycles. The van der Waals surface area contributed by atoms with Gasteiger partial charge >= 0.3 is 0 Å². The molecule has 1 N–H and O–H groups in total. The highest BCUT2D eigenvalue weighted by atomic mass is 16.5. The molecule has 0 aliphatic carbocycles. The molecule has 148 valence electrons. The Morgan fingerprint density at radius 2 is 1.89 bits per heavy atom. The van der Waals surface area contributed by atoms with E-state index in [0.29, 0.717) is 35.7 Å². The van der Waals surface area contributed by atoms with Crippen molar-refractivity contribution in [2.45, 2.75) is 33.2 Å². The van der Waals surface area contributed by atoms with Gasteiger partial charge in [0.25, 0.3) is 5.56 Å². The molecule has 0 saturated heterocycles. The van der Waals surface area contributed by atoms with Crippen LogP contribution in [0.5, 0.6) is 11.5 Å². The summed E-state index contributed by atoms with van der Waals surface area (Å²) in [6.45, 7) is 3.96. The molecule has 7 nitrogen and oxygen atoms in total. The maximum absolute atomic E-state index is 12.6. The predicted molar refractivity (Wildman–Crippen MR) is 106 cm³/mol. The van der Waals surface area contributed by atoms with Crippen molar-refractivity contribution in [1.29, 1.82) is 5.26 Å². The minimum Gasteiger partial charge on any atom is -0.493 e. The van der Waals surface area contributed by atoms with Gasteiger partial charge in [0, 0.05) is 25.7 Å². The summed E-state index contributed by atoms with van der Waals surface area (Å²) in [5.41, 5.74) is 2.81. The molecule has 1 aromatic carbocycles. The number of nitrogens with zero attached hydrogens (tertiary/aromatic N) is 2. The first-order chi connectivity index (χ1) is 13.3. The summed E-state index contributed by atoms with van der Waals surface area (Å²) in [6, 6.07) is 7.48. The van der Waals surface area contributed by atoms with Crippen LogP contribution >= 0.6 is 0 Å². The molecule has 0 spiro atoms. The zero-order valence-electron chi connectivity index (χ0n) is 16.9. The summed E-state index contributed by atoms with van der Waals surface area (Å²) in [7, 11) is 4.89. The van der Waals surface area contributed by atoms with E-state index in [1.54, 1.807) is 40.0 Å². The number of hydrogen-bond donors (Lipinski definition) is 1. The Bertz CT molecular complexity index is 973. The normalized spacial score (nSPS) is 10.3. The van der Waals surface area contributed by atoms with E-state index in [9.17, 15) is 9.59 Å². The second-order valence-electron chi connectivity index (χ2n) is 6.61. The lowest BCUT2D eigenvalue weighted by molar-refractivity contribution is -0.130. The highest BCUT2D eigenvalue weighted by molar-refractivity contribution is 5.76. The van der Waals surface area contributed by atoms with Gasteiger partial charge in [-0.15, -0.1) is 0 Å². The maximum atomic E-state index is 12.6. The number of nitrogens with one attached hydrogen (secondary N) is 1. The molecule has 0 radical (unpaired) electrons. The van der Waals surface area contributed by atoms with Crippen molar-refractivity contribution in [1.82, 2.24) is 9.88 Å². The van der Waals surface area contributed by atoms with Crippen LogP contribution in [-0.2, 0) is 17.8 Å². The van der Waals surface area contributed by atoms with Crippen LogP contribution in [0.2, 0.25) is 0 Å². The molecule has 0 aliphatic heterocycles. The Morgan fingerprint density at radius 3 is 2.50 bits per heavy atom. The number of amides is 1. The molecular weight excluding hydrogens is 358 g/mol. The fourth-order valence-electron chi connectivity index (χ4n) is 3.18. The first kappa shape index (κ1) is 21.0. The molecule has 7 heteroatoms. The Kier molecular flexibility index (Phi) is 6.83. The quantitative estimate of drug-likeness (QED) is 0.792. The van der Waals surface area contributed by atoms with Gasteiger partial charge in [0.2, 0.25) is 5.91 Å². The van der Waals surface area contributed by atoms with Crippen molar-refractivity contribution in [3.63, 3.8) is 0 Å². The SMILES string of the molecule is COc1ccc(CN(C)C(=O)CCc2c(C)[nH]c(=O)c(C#N)c2C)cc1OC. The molecule has 2 aromatic rings. The molecule has 2 rings (SSSR count). The van der Waals surface area contributed by atoms with Crippen molar-refractivity contribution in [3.05, 3.63) is 56.5 Å². The summed E-state index contributed by atoms with van der Waals surface area (Å²) in [5, 5.41) is 9.16. The van der Waals surface area contributed by atoms with Gasteiger partial charge in [0.15, 0.2) is 11.5 Å². The third kappa shape index (κ3) is 4.52. The number of pyridine rings is 1. The number of carbonyl (C=O) groups is 1. The minimum absolute atomic E-state index is 0.0294. The minimum atomic E-state index is -0.391. The number of aromatic nitrogens is 1. The molecule has 0 atom stereocenters. The third-order valence-corrected chi connectivity index (χ3v) is 4.80. The van der Waals surface area contributed by atoms with Crippen molar-refractivity contribution < 1.29 is 14.3 Å². The first-order valence-corrected chi connectivity index (χ1v) is 8.89. The van der Waals surface area contributed by atoms with Gasteiger partial charge in [0.05, 0.1) is 14.2 Å². The summed E-state index contributed by atoms with van der Waals surface area (Å²) in [4.78, 5) is 28.7. The van der Waals surface area contributed by atoms with Crippen LogP contribution in [0.4, 0.5) is 0 Å². The average Bonchev–Trinajstić information content (AvgIpc) is 2.67. The molecule has 0 unspecified atom stereocenters. The third-order valence-electron chi connectivity index (χ3n) is 4.80. The second-order valence-corrected chi connectivity index (χ2v) is 6.61. The Hall–Kier alpha value is -3.27. The predicted octanol–water partition coefficient (Wildman–Crippen LogP) is 2.47. The number of aryl methyl sites for hydroxylation is 1. The van der Waals surface area contributed by atoms with Crippen molar-refractivity contribution >= 4 is 5.91 Å². The van der Waals surface area contributed by atoms with E-state index >= 15 is 0 Å². The van der Waals surface area contributed by atoms with Crippen molar-refractivity contribution in [2.24, 2.45) is 0 Å². The highest BCUT2D eigenvalue weighted by Crippen LogP contribution is 2.28. The number of benzene rings is 1. The zero-order valence-corrected chi connectivity index (χ0v) is 16.9. The monoisotopic (exact) mass is 383 g/mol. The summed E-state index contributed by atoms with van der Waals surface area (Å²) in [5.74, 6) is 1.22. The number of nitriles is 1. The molecule has 28 heavy (non-hydrogen) atoms. The van der Waals surface area contributed by atoms with Crippen LogP contribution in [0.3, 0.4) is 0 Å². The maximum Gasteiger partial charge on any atom is 0.266 e. The van der Waals surface area contributed by atoms with Crippen LogP contribution in [0.1, 0.15) is 34.4 Å². The fourth-order valence-corrected chi connectivity index (χ4v) is 3.18. The largest absolute Gasteiger partial charge is 0.493 e. The molecule has 0 aliphatic rings. The van der Waals surface area contributed by atoms with Crippen LogP contribution in [0.25, 0.3) is 0 Å². The lowest BCUT2D eigenvalue weighted by Crippen LogP contribution is -2.27. The van der Waals surface area contributed by atoms with Gasteiger partial charge in [-0.3, -0.25) is 9.59 Å². The Labute approximate surface area is 164 Å². The number of ether oxygens (including phenoxy) is 2. The van der Waals surface area contributed by atoms with E-state index in [2.05, 4.69) is 4.98 Å². The van der Waals surface area contributed by atoms with Crippen LogP contribution in [0.15, 0.2) is 23.0 Å². The summed E-state index contributed by atoms with van der Waals surface area (Å²) < 4.78 is 10.5. The van der Waals surface area contributed by atoms with E-state index in [-0.39, 0.29) is 17.9 Å². The lowest BCUT2D eigenvalue weighted by Gasteiger charge is -2.19. The fraction of sp³-hybridized carbons (Fsp3) is 0.381. The van der Waals surface area contributed by atoms with E-state index in [1.807, 2.05) is 24.3 Å². The first-order valence-electron chi connectivity index (χ1n) is 8.89. The van der Waals surface area contributed by atoms with Gasteiger partial charge in [-0.05, 0) is 49.1 Å². The number of carbonyl (C=O) groups excluding carboxylic acids is 1. The summed E-state index contributed by atoms with van der Waals surface area (Å²) in [6.07, 6.45) is 0.737. The smallest absolute Gasteiger partial charge is 0.266 e. The van der Waals surface area contributed by atoms with Crippen LogP contribution < -0.4 is 15.0 Å². The number of hydrogen-bond acceptors (Lipinski definition) is 5.